The number of ether oxygens (including phenoxy) is 3. The summed E-state index contributed by atoms with van der Waals surface area (Å²) in [5, 5.41) is 8.69. The molecule has 49 heavy (non-hydrogen) atoms. The summed E-state index contributed by atoms with van der Waals surface area (Å²) in [5.74, 6) is 0.465. The molecule has 3 amide bonds. The number of rotatable bonds is 14. The van der Waals surface area contributed by atoms with E-state index < -0.39 is 17.1 Å². The van der Waals surface area contributed by atoms with Crippen LogP contribution in [0.1, 0.15) is 36.2 Å². The van der Waals surface area contributed by atoms with Crippen molar-refractivity contribution in [2.45, 2.75) is 30.4 Å². The van der Waals surface area contributed by atoms with E-state index in [2.05, 4.69) is 20.9 Å². The number of nitrogens with one attached hydrogen (secondary N) is 3. The van der Waals surface area contributed by atoms with Gasteiger partial charge in [0.15, 0.2) is 16.6 Å². The lowest BCUT2D eigenvalue weighted by molar-refractivity contribution is -0.116. The zero-order valence-corrected chi connectivity index (χ0v) is 29.1. The Labute approximate surface area is 292 Å². The Morgan fingerprint density at radius 1 is 0.898 bits per heavy atom. The van der Waals surface area contributed by atoms with Crippen molar-refractivity contribution in [3.63, 3.8) is 0 Å². The number of amides is 3. The number of carbonyl (C=O) groups is 3. The Kier molecular flexibility index (Phi) is 11.9. The van der Waals surface area contributed by atoms with Gasteiger partial charge in [-0.15, -0.1) is 11.8 Å². The number of anilines is 2. The van der Waals surface area contributed by atoms with E-state index in [0.717, 1.165) is 20.9 Å². The van der Waals surface area contributed by atoms with Gasteiger partial charge in [0.1, 0.15) is 11.4 Å². The van der Waals surface area contributed by atoms with E-state index in [1.165, 1.54) is 43.4 Å². The molecule has 5 aromatic rings. The summed E-state index contributed by atoms with van der Waals surface area (Å²) in [4.78, 5) is 45.5. The molecule has 0 saturated heterocycles. The Morgan fingerprint density at radius 2 is 1.69 bits per heavy atom. The molecule has 4 aromatic carbocycles. The van der Waals surface area contributed by atoms with Crippen LogP contribution < -0.4 is 30.2 Å². The zero-order valence-electron chi connectivity index (χ0n) is 27.4. The summed E-state index contributed by atoms with van der Waals surface area (Å²) in [6.07, 6.45) is 2.10. The van der Waals surface area contributed by atoms with Crippen LogP contribution in [0.4, 0.5) is 10.8 Å². The van der Waals surface area contributed by atoms with Crippen molar-refractivity contribution >= 4 is 67.9 Å². The largest absolute Gasteiger partial charge is 0.494 e. The van der Waals surface area contributed by atoms with Crippen LogP contribution in [0.3, 0.4) is 0 Å². The van der Waals surface area contributed by atoms with Crippen molar-refractivity contribution in [2.75, 3.05) is 31.5 Å². The summed E-state index contributed by atoms with van der Waals surface area (Å²) < 4.78 is 17.5. The molecule has 0 spiro atoms. The second kappa shape index (κ2) is 16.7. The molecule has 1 atom stereocenters. The predicted octanol–water partition coefficient (Wildman–Crippen LogP) is 7.63. The monoisotopic (exact) mass is 696 g/mol. The summed E-state index contributed by atoms with van der Waals surface area (Å²) in [5.41, 5.74) is 2.19. The summed E-state index contributed by atoms with van der Waals surface area (Å²) in [6, 6.07) is 26.7. The quantitative estimate of drug-likeness (QED) is 0.0799. The second-order valence-electron chi connectivity index (χ2n) is 10.5. The molecule has 0 saturated carbocycles. The predicted molar refractivity (Wildman–Crippen MR) is 196 cm³/mol. The van der Waals surface area contributed by atoms with Crippen molar-refractivity contribution in [1.82, 2.24) is 10.3 Å². The molecule has 1 unspecified atom stereocenters. The fourth-order valence-corrected chi connectivity index (χ4v) is 6.77. The van der Waals surface area contributed by atoms with Gasteiger partial charge in [0.05, 0.1) is 36.3 Å². The highest BCUT2D eigenvalue weighted by atomic mass is 32.2. The maximum absolute atomic E-state index is 13.7. The molecule has 1 aromatic heterocycles. The number of aromatic nitrogens is 1. The first-order valence-corrected chi connectivity index (χ1v) is 17.2. The highest BCUT2D eigenvalue weighted by Gasteiger charge is 2.21. The van der Waals surface area contributed by atoms with E-state index in [1.807, 2.05) is 38.1 Å². The molecular formula is C37H36N4O6S2. The minimum atomic E-state index is -0.551. The molecule has 0 radical (unpaired) electrons. The van der Waals surface area contributed by atoms with Crippen LogP contribution >= 0.6 is 23.1 Å². The molecule has 1 heterocycles. The lowest BCUT2D eigenvalue weighted by Crippen LogP contribution is -2.30. The van der Waals surface area contributed by atoms with E-state index in [1.54, 1.807) is 66.7 Å². The Hall–Kier alpha value is -5.33. The van der Waals surface area contributed by atoms with Gasteiger partial charge in [-0.2, -0.15) is 0 Å². The van der Waals surface area contributed by atoms with Crippen LogP contribution in [0.15, 0.2) is 102 Å². The lowest BCUT2D eigenvalue weighted by Gasteiger charge is -2.15. The van der Waals surface area contributed by atoms with E-state index >= 15 is 0 Å². The normalized spacial score (nSPS) is 11.8. The Morgan fingerprint density at radius 3 is 2.43 bits per heavy atom. The highest BCUT2D eigenvalue weighted by molar-refractivity contribution is 8.00. The lowest BCUT2D eigenvalue weighted by atomic mass is 10.1. The van der Waals surface area contributed by atoms with Crippen molar-refractivity contribution < 1.29 is 28.6 Å². The van der Waals surface area contributed by atoms with Gasteiger partial charge in [0.25, 0.3) is 11.8 Å². The number of thioether (sulfide) groups is 1. The third-order valence-electron chi connectivity index (χ3n) is 7.20. The molecule has 0 aliphatic heterocycles. The smallest absolute Gasteiger partial charge is 0.272 e. The van der Waals surface area contributed by atoms with Crippen LogP contribution in [-0.2, 0) is 9.59 Å². The summed E-state index contributed by atoms with van der Waals surface area (Å²) in [7, 11) is 3.02. The topological polar surface area (TPSA) is 128 Å². The third kappa shape index (κ3) is 8.98. The minimum Gasteiger partial charge on any atom is -0.494 e. The number of benzene rings is 4. The number of hydrogen-bond acceptors (Lipinski definition) is 9. The maximum atomic E-state index is 13.7. The van der Waals surface area contributed by atoms with Crippen molar-refractivity contribution in [2.24, 2.45) is 0 Å². The van der Waals surface area contributed by atoms with Crippen LogP contribution in [0.2, 0.25) is 0 Å². The average Bonchev–Trinajstić information content (AvgIpc) is 3.52. The molecule has 12 heteroatoms. The van der Waals surface area contributed by atoms with Crippen molar-refractivity contribution in [3.05, 3.63) is 108 Å². The molecule has 252 valence electrons. The molecule has 0 aliphatic carbocycles. The van der Waals surface area contributed by atoms with Gasteiger partial charge >= 0.3 is 0 Å². The zero-order chi connectivity index (χ0) is 34.8. The van der Waals surface area contributed by atoms with Crippen molar-refractivity contribution in [1.29, 1.82) is 0 Å². The molecule has 10 nitrogen and oxygen atoms in total. The Balaban J connectivity index is 1.33. The first-order valence-electron chi connectivity index (χ1n) is 15.5. The minimum absolute atomic E-state index is 0.00603. The number of thiazole rings is 1. The van der Waals surface area contributed by atoms with Crippen molar-refractivity contribution in [3.8, 4) is 17.2 Å². The van der Waals surface area contributed by atoms with Gasteiger partial charge in [-0.05, 0) is 74.0 Å². The second-order valence-corrected chi connectivity index (χ2v) is 12.8. The first kappa shape index (κ1) is 35.0. The fourth-order valence-electron chi connectivity index (χ4n) is 4.86. The molecule has 0 fully saturated rings. The summed E-state index contributed by atoms with van der Waals surface area (Å²) >= 11 is 2.77. The number of hydrogen-bond donors (Lipinski definition) is 3. The third-order valence-corrected chi connectivity index (χ3v) is 9.49. The van der Waals surface area contributed by atoms with E-state index in [-0.39, 0.29) is 11.6 Å². The van der Waals surface area contributed by atoms with E-state index in [9.17, 15) is 14.4 Å². The Bertz CT molecular complexity index is 1980. The van der Waals surface area contributed by atoms with Gasteiger partial charge < -0.3 is 30.2 Å². The van der Waals surface area contributed by atoms with Gasteiger partial charge in [0, 0.05) is 21.7 Å². The number of fused-ring (bicyclic) bond motifs is 1. The van der Waals surface area contributed by atoms with Gasteiger partial charge in [0.2, 0.25) is 5.91 Å². The first-order chi connectivity index (χ1) is 23.8. The molecule has 3 N–H and O–H groups in total. The fraction of sp³-hybridized carbons (Fsp3) is 0.189. The number of carbonyl (C=O) groups excluding carboxylic acids is 3. The number of nitrogens with zero attached hydrogens (tertiary/aromatic N) is 1. The highest BCUT2D eigenvalue weighted by Crippen LogP contribution is 2.34. The number of para-hydroxylation sites is 1. The van der Waals surface area contributed by atoms with Crippen LogP contribution in [-0.4, -0.2) is 48.8 Å². The van der Waals surface area contributed by atoms with Crippen LogP contribution in [0.5, 0.6) is 17.2 Å². The molecule has 0 aliphatic rings. The van der Waals surface area contributed by atoms with Crippen LogP contribution in [0, 0.1) is 0 Å². The standard InChI is InChI=1S/C37H36N4O6S2/c1-5-31(36(44)41-37-40-28-19-18-26(47-6-2)22-32(28)49-37)48-27-16-11-15-25(21-27)38-35(43)29(39-34(42)23-12-8-7-9-13-23)20-24-14-10-17-30(45-3)33(24)46-4/h7-22,31H,5-6H2,1-4H3,(H,38,43)(H,39,42)(H,40,41,44)/b29-20+. The van der Waals surface area contributed by atoms with Gasteiger partial charge in [-0.1, -0.05) is 54.7 Å². The maximum Gasteiger partial charge on any atom is 0.272 e. The van der Waals surface area contributed by atoms with Gasteiger partial charge in [-0.25, -0.2) is 4.98 Å². The SMILES string of the molecule is CCOc1ccc2nc(NC(=O)C(CC)Sc3cccc(NC(=O)/C(=C\c4cccc(OC)c4OC)NC(=O)c4ccccc4)c3)sc2c1. The van der Waals surface area contributed by atoms with E-state index in [0.29, 0.717) is 46.5 Å². The average molecular weight is 697 g/mol. The molecular weight excluding hydrogens is 661 g/mol. The van der Waals surface area contributed by atoms with Crippen LogP contribution in [0.25, 0.3) is 16.3 Å². The number of methoxy groups -OCH3 is 2. The molecule has 5 rings (SSSR count). The summed E-state index contributed by atoms with van der Waals surface area (Å²) in [6.45, 7) is 4.43. The van der Waals surface area contributed by atoms with Gasteiger partial charge in [-0.3, -0.25) is 14.4 Å². The van der Waals surface area contributed by atoms with E-state index in [4.69, 9.17) is 14.2 Å². The molecule has 0 bridgehead atoms.